The lowest BCUT2D eigenvalue weighted by Crippen LogP contribution is -2.40. The van der Waals surface area contributed by atoms with Crippen LogP contribution in [0, 0.1) is 11.8 Å². The Morgan fingerprint density at radius 1 is 1.29 bits per heavy atom. The Kier molecular flexibility index (Phi) is 4.80. The van der Waals surface area contributed by atoms with Crippen LogP contribution in [-0.2, 0) is 9.53 Å². The van der Waals surface area contributed by atoms with Gasteiger partial charge in [-0.05, 0) is 44.7 Å². The van der Waals surface area contributed by atoms with Gasteiger partial charge in [0.25, 0.3) is 0 Å². The van der Waals surface area contributed by atoms with Crippen LogP contribution >= 0.6 is 0 Å². The summed E-state index contributed by atoms with van der Waals surface area (Å²) >= 11 is 0. The van der Waals surface area contributed by atoms with Crippen molar-refractivity contribution in [3.8, 4) is 0 Å². The van der Waals surface area contributed by atoms with Gasteiger partial charge in [0.1, 0.15) is 0 Å². The molecule has 1 aliphatic heterocycles. The van der Waals surface area contributed by atoms with Gasteiger partial charge in [-0.15, -0.1) is 0 Å². The van der Waals surface area contributed by atoms with Crippen molar-refractivity contribution in [1.82, 2.24) is 10.2 Å². The number of hydrogen-bond donors (Lipinski definition) is 1. The molecule has 2 rings (SSSR count). The van der Waals surface area contributed by atoms with Crippen LogP contribution < -0.4 is 5.32 Å². The number of nitrogens with one attached hydrogen (secondary N) is 1. The number of methoxy groups -OCH3 is 1. The number of piperidine rings is 1. The normalized spacial score (nSPS) is 22.6. The van der Waals surface area contributed by atoms with Gasteiger partial charge in [0.2, 0.25) is 5.91 Å². The summed E-state index contributed by atoms with van der Waals surface area (Å²) in [7, 11) is 1.75. The van der Waals surface area contributed by atoms with Crippen LogP contribution in [0.4, 0.5) is 0 Å². The molecule has 17 heavy (non-hydrogen) atoms. The van der Waals surface area contributed by atoms with Gasteiger partial charge in [-0.2, -0.15) is 0 Å². The first kappa shape index (κ1) is 12.8. The highest BCUT2D eigenvalue weighted by molar-refractivity contribution is 5.80. The maximum absolute atomic E-state index is 11.5. The lowest BCUT2D eigenvalue weighted by Gasteiger charge is -2.31. The van der Waals surface area contributed by atoms with E-state index in [1.54, 1.807) is 7.11 Å². The molecule has 1 amide bonds. The summed E-state index contributed by atoms with van der Waals surface area (Å²) in [6.07, 6.45) is 4.60. The summed E-state index contributed by atoms with van der Waals surface area (Å²) in [5, 5.41) is 3.09. The molecule has 1 N–H and O–H groups in total. The predicted octanol–water partition coefficient (Wildman–Crippen LogP) is 0.871. The summed E-state index contributed by atoms with van der Waals surface area (Å²) in [6, 6.07) is 0. The molecule has 0 radical (unpaired) electrons. The maximum atomic E-state index is 11.5. The summed E-state index contributed by atoms with van der Waals surface area (Å²) in [5.41, 5.74) is 0. The molecule has 4 nitrogen and oxygen atoms in total. The smallest absolute Gasteiger partial charge is 0.223 e. The van der Waals surface area contributed by atoms with Gasteiger partial charge in [-0.25, -0.2) is 0 Å². The van der Waals surface area contributed by atoms with E-state index in [9.17, 15) is 4.79 Å². The van der Waals surface area contributed by atoms with Crippen LogP contribution in [0.15, 0.2) is 0 Å². The van der Waals surface area contributed by atoms with Gasteiger partial charge in [0, 0.05) is 26.1 Å². The van der Waals surface area contributed by atoms with E-state index in [1.165, 1.54) is 12.8 Å². The van der Waals surface area contributed by atoms with Crippen molar-refractivity contribution in [1.29, 1.82) is 0 Å². The Morgan fingerprint density at radius 3 is 2.59 bits per heavy atom. The van der Waals surface area contributed by atoms with Crippen molar-refractivity contribution in [2.24, 2.45) is 11.8 Å². The second-order valence-corrected chi connectivity index (χ2v) is 5.30. The third kappa shape index (κ3) is 4.28. The van der Waals surface area contributed by atoms with Gasteiger partial charge in [-0.3, -0.25) is 4.79 Å². The van der Waals surface area contributed by atoms with E-state index in [1.807, 2.05) is 0 Å². The predicted molar refractivity (Wildman–Crippen MR) is 66.8 cm³/mol. The van der Waals surface area contributed by atoms with E-state index in [0.717, 1.165) is 45.6 Å². The number of carbonyl (C=O) groups excluding carboxylic acids is 1. The molecule has 1 aliphatic carbocycles. The molecule has 98 valence electrons. The number of carbonyl (C=O) groups is 1. The van der Waals surface area contributed by atoms with E-state index >= 15 is 0 Å². The molecule has 0 aromatic rings. The second-order valence-electron chi connectivity index (χ2n) is 5.30. The standard InChI is InChI=1S/C13H24N2O2/c1-17-9-8-15-6-4-11(5-7-15)10-14-13(16)12-2-3-12/h11-12H,2-10H2,1H3,(H,14,16). The molecule has 4 heteroatoms. The van der Waals surface area contributed by atoms with E-state index in [-0.39, 0.29) is 5.91 Å². The number of nitrogens with zero attached hydrogens (tertiary/aromatic N) is 1. The van der Waals surface area contributed by atoms with Crippen LogP contribution in [0.5, 0.6) is 0 Å². The molecule has 1 saturated carbocycles. The van der Waals surface area contributed by atoms with E-state index in [4.69, 9.17) is 4.74 Å². The number of amides is 1. The zero-order valence-corrected chi connectivity index (χ0v) is 10.8. The lowest BCUT2D eigenvalue weighted by atomic mass is 9.97. The first-order valence-electron chi connectivity index (χ1n) is 6.78. The molecule has 0 unspecified atom stereocenters. The first-order chi connectivity index (χ1) is 8.29. The Morgan fingerprint density at radius 2 is 2.00 bits per heavy atom. The Hall–Kier alpha value is -0.610. The topological polar surface area (TPSA) is 41.6 Å². The first-order valence-corrected chi connectivity index (χ1v) is 6.78. The average molecular weight is 240 g/mol. The third-order valence-corrected chi connectivity index (χ3v) is 3.83. The van der Waals surface area contributed by atoms with Crippen molar-refractivity contribution in [2.75, 3.05) is 39.9 Å². The Labute approximate surface area is 104 Å². The molecule has 2 fully saturated rings. The summed E-state index contributed by atoms with van der Waals surface area (Å²) < 4.78 is 5.08. The van der Waals surface area contributed by atoms with Crippen molar-refractivity contribution < 1.29 is 9.53 Å². The molecule has 0 spiro atoms. The van der Waals surface area contributed by atoms with Crippen LogP contribution in [-0.4, -0.2) is 50.7 Å². The average Bonchev–Trinajstić information content (AvgIpc) is 3.19. The lowest BCUT2D eigenvalue weighted by molar-refractivity contribution is -0.122. The van der Waals surface area contributed by atoms with E-state index in [0.29, 0.717) is 11.8 Å². The number of likely N-dealkylation sites (tertiary alicyclic amines) is 1. The van der Waals surface area contributed by atoms with Crippen LogP contribution in [0.25, 0.3) is 0 Å². The molecule has 1 saturated heterocycles. The third-order valence-electron chi connectivity index (χ3n) is 3.83. The molecule has 0 atom stereocenters. The molecular formula is C13H24N2O2. The Balaban J connectivity index is 1.56. The number of hydrogen-bond acceptors (Lipinski definition) is 3. The fraction of sp³-hybridized carbons (Fsp3) is 0.923. The summed E-state index contributed by atoms with van der Waals surface area (Å²) in [4.78, 5) is 14.0. The SMILES string of the molecule is COCCN1CCC(CNC(=O)C2CC2)CC1. The second kappa shape index (κ2) is 6.36. The molecule has 0 aromatic heterocycles. The minimum absolute atomic E-state index is 0.284. The fourth-order valence-electron chi connectivity index (χ4n) is 2.37. The van der Waals surface area contributed by atoms with Gasteiger partial charge >= 0.3 is 0 Å². The maximum Gasteiger partial charge on any atom is 0.223 e. The largest absolute Gasteiger partial charge is 0.383 e. The fourth-order valence-corrected chi connectivity index (χ4v) is 2.37. The van der Waals surface area contributed by atoms with Crippen molar-refractivity contribution in [2.45, 2.75) is 25.7 Å². The Bertz CT molecular complexity index is 246. The molecule has 0 bridgehead atoms. The summed E-state index contributed by atoms with van der Waals surface area (Å²) in [5.74, 6) is 1.31. The monoisotopic (exact) mass is 240 g/mol. The van der Waals surface area contributed by atoms with E-state index in [2.05, 4.69) is 10.2 Å². The van der Waals surface area contributed by atoms with Gasteiger partial charge < -0.3 is 15.0 Å². The van der Waals surface area contributed by atoms with Gasteiger partial charge in [0.05, 0.1) is 6.61 Å². The molecule has 0 aromatic carbocycles. The minimum Gasteiger partial charge on any atom is -0.383 e. The minimum atomic E-state index is 0.284. The highest BCUT2D eigenvalue weighted by Gasteiger charge is 2.30. The number of ether oxygens (including phenoxy) is 1. The molecule has 1 heterocycles. The molecule has 2 aliphatic rings. The van der Waals surface area contributed by atoms with E-state index < -0.39 is 0 Å². The zero-order chi connectivity index (χ0) is 12.1. The quantitative estimate of drug-likeness (QED) is 0.749. The molecular weight excluding hydrogens is 216 g/mol. The number of rotatable bonds is 6. The van der Waals surface area contributed by atoms with Crippen LogP contribution in [0.3, 0.4) is 0 Å². The van der Waals surface area contributed by atoms with Gasteiger partial charge in [0.15, 0.2) is 0 Å². The highest BCUT2D eigenvalue weighted by atomic mass is 16.5. The van der Waals surface area contributed by atoms with Crippen LogP contribution in [0.2, 0.25) is 0 Å². The van der Waals surface area contributed by atoms with Gasteiger partial charge in [-0.1, -0.05) is 0 Å². The van der Waals surface area contributed by atoms with Crippen molar-refractivity contribution in [3.05, 3.63) is 0 Å². The summed E-state index contributed by atoms with van der Waals surface area (Å²) in [6.45, 7) is 5.04. The van der Waals surface area contributed by atoms with Crippen LogP contribution in [0.1, 0.15) is 25.7 Å². The zero-order valence-electron chi connectivity index (χ0n) is 10.8. The van der Waals surface area contributed by atoms with Crippen molar-refractivity contribution in [3.63, 3.8) is 0 Å². The van der Waals surface area contributed by atoms with Crippen molar-refractivity contribution >= 4 is 5.91 Å². The highest BCUT2D eigenvalue weighted by Crippen LogP contribution is 2.28.